The van der Waals surface area contributed by atoms with Crippen LogP contribution in [0.15, 0.2) is 73.1 Å². The molecular formula is C29H30F2N4O2. The fourth-order valence-electron chi connectivity index (χ4n) is 5.24. The lowest BCUT2D eigenvalue weighted by molar-refractivity contribution is -0.127. The van der Waals surface area contributed by atoms with Crippen LogP contribution in [-0.4, -0.2) is 22.4 Å². The summed E-state index contributed by atoms with van der Waals surface area (Å²) in [5, 5.41) is 6.21. The van der Waals surface area contributed by atoms with Crippen LogP contribution in [0.1, 0.15) is 49.4 Å². The van der Waals surface area contributed by atoms with Gasteiger partial charge >= 0.3 is 0 Å². The molecule has 2 aliphatic rings. The van der Waals surface area contributed by atoms with Gasteiger partial charge in [-0.15, -0.1) is 0 Å². The lowest BCUT2D eigenvalue weighted by Crippen LogP contribution is -2.48. The van der Waals surface area contributed by atoms with Gasteiger partial charge in [0.2, 0.25) is 11.8 Å². The van der Waals surface area contributed by atoms with E-state index >= 15 is 4.39 Å². The second-order valence-electron chi connectivity index (χ2n) is 9.57. The highest BCUT2D eigenvalue weighted by molar-refractivity contribution is 6.01. The van der Waals surface area contributed by atoms with E-state index in [4.69, 9.17) is 0 Å². The average molecular weight is 505 g/mol. The molecule has 2 aromatic carbocycles. The minimum Gasteiger partial charge on any atom is -0.361 e. The summed E-state index contributed by atoms with van der Waals surface area (Å²) in [6.45, 7) is -0.0942. The monoisotopic (exact) mass is 504 g/mol. The zero-order valence-electron chi connectivity index (χ0n) is 20.5. The third-order valence-electron chi connectivity index (χ3n) is 7.07. The molecule has 1 aliphatic carbocycles. The van der Waals surface area contributed by atoms with Crippen LogP contribution in [0.2, 0.25) is 0 Å². The number of hydrogen-bond donors (Lipinski definition) is 2. The molecule has 0 radical (unpaired) electrons. The Balaban J connectivity index is 1.55. The van der Waals surface area contributed by atoms with Crippen molar-refractivity contribution in [3.05, 3.63) is 96.0 Å². The van der Waals surface area contributed by atoms with Crippen LogP contribution in [0.5, 0.6) is 0 Å². The highest BCUT2D eigenvalue weighted by Crippen LogP contribution is 2.32. The van der Waals surface area contributed by atoms with Crippen molar-refractivity contribution < 1.29 is 18.4 Å². The summed E-state index contributed by atoms with van der Waals surface area (Å²) < 4.78 is 31.4. The van der Waals surface area contributed by atoms with Gasteiger partial charge < -0.3 is 15.2 Å². The molecule has 3 aromatic rings. The Labute approximate surface area is 215 Å². The first-order valence-electron chi connectivity index (χ1n) is 12.7. The minimum absolute atomic E-state index is 0.0469. The summed E-state index contributed by atoms with van der Waals surface area (Å²) in [6, 6.07) is 12.0. The zero-order chi connectivity index (χ0) is 25.8. The van der Waals surface area contributed by atoms with E-state index in [0.29, 0.717) is 6.42 Å². The average Bonchev–Trinajstić information content (AvgIpc) is 3.31. The van der Waals surface area contributed by atoms with Gasteiger partial charge in [0.1, 0.15) is 24.2 Å². The Hall–Kier alpha value is -3.94. The highest BCUT2D eigenvalue weighted by atomic mass is 19.1. The number of allylic oxidation sites excluding steroid dienone is 1. The molecule has 2 heterocycles. The number of aromatic nitrogens is 1. The molecule has 1 aromatic heterocycles. The summed E-state index contributed by atoms with van der Waals surface area (Å²) >= 11 is 0. The topological polar surface area (TPSA) is 66.4 Å². The molecule has 1 saturated carbocycles. The Kier molecular flexibility index (Phi) is 7.35. The molecule has 1 unspecified atom stereocenters. The fourth-order valence-corrected chi connectivity index (χ4v) is 5.24. The first-order chi connectivity index (χ1) is 18.0. The Morgan fingerprint density at radius 2 is 1.86 bits per heavy atom. The van der Waals surface area contributed by atoms with Gasteiger partial charge in [0.05, 0.1) is 5.69 Å². The van der Waals surface area contributed by atoms with Gasteiger partial charge in [-0.25, -0.2) is 8.78 Å². The Morgan fingerprint density at radius 3 is 2.65 bits per heavy atom. The number of rotatable bonds is 7. The third-order valence-corrected chi connectivity index (χ3v) is 7.07. The van der Waals surface area contributed by atoms with E-state index in [1.54, 1.807) is 22.9 Å². The van der Waals surface area contributed by atoms with E-state index in [-0.39, 0.29) is 23.8 Å². The number of anilines is 2. The Bertz CT molecular complexity index is 1310. The van der Waals surface area contributed by atoms with Crippen molar-refractivity contribution in [3.63, 3.8) is 0 Å². The summed E-state index contributed by atoms with van der Waals surface area (Å²) in [6.07, 6.45) is 11.0. The predicted octanol–water partition coefficient (Wildman–Crippen LogP) is 5.47. The first kappa shape index (κ1) is 24.7. The van der Waals surface area contributed by atoms with Gasteiger partial charge in [0.15, 0.2) is 0 Å². The van der Waals surface area contributed by atoms with E-state index < -0.39 is 29.5 Å². The van der Waals surface area contributed by atoms with Crippen molar-refractivity contribution in [2.45, 2.75) is 57.2 Å². The van der Waals surface area contributed by atoms with Crippen LogP contribution in [-0.2, 0) is 22.6 Å². The van der Waals surface area contributed by atoms with Gasteiger partial charge in [-0.05, 0) is 49.4 Å². The van der Waals surface area contributed by atoms with E-state index in [1.165, 1.54) is 41.3 Å². The smallest absolute Gasteiger partial charge is 0.248 e. The van der Waals surface area contributed by atoms with Crippen molar-refractivity contribution in [3.8, 4) is 0 Å². The number of nitrogens with zero attached hydrogens (tertiary/aromatic N) is 2. The van der Waals surface area contributed by atoms with Gasteiger partial charge in [-0.1, -0.05) is 49.6 Å². The van der Waals surface area contributed by atoms with Crippen molar-refractivity contribution in [1.82, 2.24) is 9.88 Å². The van der Waals surface area contributed by atoms with E-state index in [2.05, 4.69) is 10.6 Å². The van der Waals surface area contributed by atoms with Crippen LogP contribution in [0.25, 0.3) is 0 Å². The van der Waals surface area contributed by atoms with Crippen molar-refractivity contribution in [2.75, 3.05) is 10.2 Å². The second kappa shape index (κ2) is 11.0. The number of fused-ring (bicyclic) bond motifs is 1. The normalized spacial score (nSPS) is 15.9. The molecular weight excluding hydrogens is 474 g/mol. The number of benzene rings is 2. The van der Waals surface area contributed by atoms with Gasteiger partial charge in [-0.2, -0.15) is 0 Å². The van der Waals surface area contributed by atoms with Crippen LogP contribution in [0.4, 0.5) is 20.2 Å². The molecule has 37 heavy (non-hydrogen) atoms. The van der Waals surface area contributed by atoms with Crippen LogP contribution in [0.3, 0.4) is 0 Å². The van der Waals surface area contributed by atoms with Gasteiger partial charge in [0.25, 0.3) is 0 Å². The fraction of sp³-hybridized carbons (Fsp3) is 0.310. The highest BCUT2D eigenvalue weighted by Gasteiger charge is 2.36. The van der Waals surface area contributed by atoms with Crippen LogP contribution >= 0.6 is 0 Å². The number of halogens is 2. The van der Waals surface area contributed by atoms with Gasteiger partial charge in [0, 0.05) is 35.6 Å². The molecule has 5 rings (SSSR count). The van der Waals surface area contributed by atoms with E-state index in [0.717, 1.165) is 43.5 Å². The second-order valence-corrected chi connectivity index (χ2v) is 9.57. The molecule has 2 amide bonds. The number of nitrogens with one attached hydrogen (secondary N) is 2. The SMILES string of the molecule is O=C(NC1CCCCC1)C(c1ccccc1F)N(C(=O)Cn1ccc2c1CC=CN2)c1cccc(F)c1. The molecule has 6 nitrogen and oxygen atoms in total. The van der Waals surface area contributed by atoms with Crippen LogP contribution in [0, 0.1) is 11.6 Å². The number of amides is 2. The predicted molar refractivity (Wildman–Crippen MR) is 139 cm³/mol. The number of carbonyl (C=O) groups excluding carboxylic acids is 2. The lowest BCUT2D eigenvalue weighted by Gasteiger charge is -2.34. The summed E-state index contributed by atoms with van der Waals surface area (Å²) in [7, 11) is 0. The molecule has 1 atom stereocenters. The molecule has 192 valence electrons. The zero-order valence-corrected chi connectivity index (χ0v) is 20.5. The third kappa shape index (κ3) is 5.43. The first-order valence-corrected chi connectivity index (χ1v) is 12.7. The number of hydrogen-bond acceptors (Lipinski definition) is 3. The van der Waals surface area contributed by atoms with Crippen molar-refractivity contribution >= 4 is 23.2 Å². The molecule has 1 fully saturated rings. The van der Waals surface area contributed by atoms with Gasteiger partial charge in [-0.3, -0.25) is 14.5 Å². The standard InChI is InChI=1S/C29H30F2N4O2/c30-20-8-6-11-22(18-20)35(27(36)19-34-17-15-25-26(34)14-7-16-32-25)28(23-12-4-5-13-24(23)31)29(37)33-21-9-2-1-3-10-21/h4-8,11-13,15-18,21,28,32H,1-3,9-10,14,19H2,(H,33,37). The maximum Gasteiger partial charge on any atom is 0.248 e. The summed E-state index contributed by atoms with van der Waals surface area (Å²) in [5.74, 6) is -2.09. The van der Waals surface area contributed by atoms with E-state index in [9.17, 15) is 14.0 Å². The molecule has 0 bridgehead atoms. The Morgan fingerprint density at radius 1 is 1.05 bits per heavy atom. The van der Waals surface area contributed by atoms with Crippen molar-refractivity contribution in [1.29, 1.82) is 0 Å². The largest absolute Gasteiger partial charge is 0.361 e. The van der Waals surface area contributed by atoms with Crippen molar-refractivity contribution in [2.24, 2.45) is 0 Å². The molecule has 1 aliphatic heterocycles. The minimum atomic E-state index is -1.30. The molecule has 0 saturated heterocycles. The number of carbonyl (C=O) groups is 2. The summed E-state index contributed by atoms with van der Waals surface area (Å²) in [4.78, 5) is 29.0. The van der Waals surface area contributed by atoms with E-state index in [1.807, 2.05) is 18.3 Å². The maximum absolute atomic E-state index is 15.2. The quantitative estimate of drug-likeness (QED) is 0.448. The molecule has 8 heteroatoms. The molecule has 0 spiro atoms. The van der Waals surface area contributed by atoms with Crippen LogP contribution < -0.4 is 15.5 Å². The summed E-state index contributed by atoms with van der Waals surface area (Å²) in [5.41, 5.74) is 2.07. The maximum atomic E-state index is 15.2. The lowest BCUT2D eigenvalue weighted by atomic mass is 9.94. The molecule has 2 N–H and O–H groups in total.